The lowest BCUT2D eigenvalue weighted by molar-refractivity contribution is 0.339. The van der Waals surface area contributed by atoms with E-state index in [9.17, 15) is 0 Å². The van der Waals surface area contributed by atoms with Crippen LogP contribution in [0.2, 0.25) is 0 Å². The molecule has 0 aromatic heterocycles. The fourth-order valence-corrected chi connectivity index (χ4v) is 2.74. The molecule has 2 aromatic rings. The highest BCUT2D eigenvalue weighted by molar-refractivity contribution is 7.99. The molecular weight excluding hydrogens is 266 g/mol. The van der Waals surface area contributed by atoms with Crippen LogP contribution in [0.25, 0.3) is 0 Å². The van der Waals surface area contributed by atoms with Crippen LogP contribution in [0.5, 0.6) is 5.75 Å². The van der Waals surface area contributed by atoms with Gasteiger partial charge in [-0.05, 0) is 37.1 Å². The maximum atomic E-state index is 5.88. The van der Waals surface area contributed by atoms with Crippen LogP contribution in [0, 0.1) is 0 Å². The van der Waals surface area contributed by atoms with E-state index in [1.807, 2.05) is 43.0 Å². The first-order valence-electron chi connectivity index (χ1n) is 6.90. The highest BCUT2D eigenvalue weighted by atomic mass is 32.2. The van der Waals surface area contributed by atoms with Crippen molar-refractivity contribution in [1.29, 1.82) is 0 Å². The zero-order valence-corrected chi connectivity index (χ0v) is 12.6. The topological polar surface area (TPSA) is 35.2 Å². The molecule has 0 fully saturated rings. The first kappa shape index (κ1) is 14.9. The SMILES string of the molecule is CC(N)Cc1ccccc1OCCSc1ccccc1. The summed E-state index contributed by atoms with van der Waals surface area (Å²) >= 11 is 1.81. The van der Waals surface area contributed by atoms with Crippen molar-refractivity contribution >= 4 is 11.8 Å². The van der Waals surface area contributed by atoms with Gasteiger partial charge in [0.15, 0.2) is 0 Å². The van der Waals surface area contributed by atoms with Crippen LogP contribution in [-0.2, 0) is 6.42 Å². The highest BCUT2D eigenvalue weighted by Crippen LogP contribution is 2.21. The van der Waals surface area contributed by atoms with Crippen LogP contribution in [0.15, 0.2) is 59.5 Å². The fourth-order valence-electron chi connectivity index (χ4n) is 1.99. The summed E-state index contributed by atoms with van der Waals surface area (Å²) in [5.41, 5.74) is 7.05. The molecule has 0 saturated heterocycles. The van der Waals surface area contributed by atoms with E-state index in [0.717, 1.165) is 17.9 Å². The molecule has 1 atom stereocenters. The van der Waals surface area contributed by atoms with E-state index in [2.05, 4.69) is 30.3 Å². The number of benzene rings is 2. The maximum Gasteiger partial charge on any atom is 0.122 e. The molecule has 1 unspecified atom stereocenters. The van der Waals surface area contributed by atoms with E-state index in [1.165, 1.54) is 10.5 Å². The third-order valence-corrected chi connectivity index (χ3v) is 3.84. The summed E-state index contributed by atoms with van der Waals surface area (Å²) in [6.45, 7) is 2.72. The van der Waals surface area contributed by atoms with Gasteiger partial charge in [-0.3, -0.25) is 0 Å². The Morgan fingerprint density at radius 2 is 1.75 bits per heavy atom. The van der Waals surface area contributed by atoms with E-state index < -0.39 is 0 Å². The molecular formula is C17H21NOS. The molecule has 0 saturated carbocycles. The largest absolute Gasteiger partial charge is 0.492 e. The molecule has 0 amide bonds. The number of hydrogen-bond acceptors (Lipinski definition) is 3. The zero-order chi connectivity index (χ0) is 14.2. The van der Waals surface area contributed by atoms with Gasteiger partial charge in [-0.15, -0.1) is 11.8 Å². The van der Waals surface area contributed by atoms with Gasteiger partial charge in [0.05, 0.1) is 6.61 Å². The zero-order valence-electron chi connectivity index (χ0n) is 11.8. The average Bonchev–Trinajstić information content (AvgIpc) is 2.46. The summed E-state index contributed by atoms with van der Waals surface area (Å²) in [7, 11) is 0. The van der Waals surface area contributed by atoms with Crippen LogP contribution in [0.4, 0.5) is 0 Å². The molecule has 2 aromatic carbocycles. The normalized spacial score (nSPS) is 12.1. The minimum Gasteiger partial charge on any atom is -0.492 e. The monoisotopic (exact) mass is 287 g/mol. The van der Waals surface area contributed by atoms with Crippen molar-refractivity contribution in [2.45, 2.75) is 24.3 Å². The Bertz CT molecular complexity index is 513. The molecule has 0 aliphatic rings. The van der Waals surface area contributed by atoms with Crippen molar-refractivity contribution in [3.05, 3.63) is 60.2 Å². The van der Waals surface area contributed by atoms with Crippen LogP contribution in [0.1, 0.15) is 12.5 Å². The Kier molecular flexibility index (Phi) is 5.96. The van der Waals surface area contributed by atoms with Gasteiger partial charge in [-0.25, -0.2) is 0 Å². The molecule has 0 aliphatic heterocycles. The second kappa shape index (κ2) is 7.98. The van der Waals surface area contributed by atoms with Crippen molar-refractivity contribution in [2.75, 3.05) is 12.4 Å². The van der Waals surface area contributed by atoms with Crippen LogP contribution in [0.3, 0.4) is 0 Å². The Morgan fingerprint density at radius 1 is 1.05 bits per heavy atom. The molecule has 0 spiro atoms. The van der Waals surface area contributed by atoms with Crippen LogP contribution < -0.4 is 10.5 Å². The summed E-state index contributed by atoms with van der Waals surface area (Å²) in [5, 5.41) is 0. The quantitative estimate of drug-likeness (QED) is 0.622. The number of thioether (sulfide) groups is 1. The molecule has 0 aliphatic carbocycles. The first-order chi connectivity index (χ1) is 9.75. The second-order valence-corrected chi connectivity index (χ2v) is 5.97. The molecule has 3 heteroatoms. The standard InChI is InChI=1S/C17H21NOS/c1-14(18)13-15-7-5-6-10-17(15)19-11-12-20-16-8-3-2-4-9-16/h2-10,14H,11-13,18H2,1H3. The molecule has 2 rings (SSSR count). The molecule has 106 valence electrons. The van der Waals surface area contributed by atoms with Crippen LogP contribution in [-0.4, -0.2) is 18.4 Å². The minimum absolute atomic E-state index is 0.151. The number of rotatable bonds is 7. The number of hydrogen-bond donors (Lipinski definition) is 1. The number of ether oxygens (including phenoxy) is 1. The maximum absolute atomic E-state index is 5.88. The third kappa shape index (κ3) is 4.91. The summed E-state index contributed by atoms with van der Waals surface area (Å²) in [4.78, 5) is 1.28. The van der Waals surface area contributed by atoms with Crippen molar-refractivity contribution in [3.63, 3.8) is 0 Å². The molecule has 0 radical (unpaired) electrons. The summed E-state index contributed by atoms with van der Waals surface area (Å²) in [5.74, 6) is 1.90. The minimum atomic E-state index is 0.151. The van der Waals surface area contributed by atoms with E-state index in [0.29, 0.717) is 6.61 Å². The molecule has 0 heterocycles. The Hall–Kier alpha value is -1.45. The average molecular weight is 287 g/mol. The van der Waals surface area contributed by atoms with Gasteiger partial charge in [0.2, 0.25) is 0 Å². The van der Waals surface area contributed by atoms with Crippen molar-refractivity contribution in [3.8, 4) is 5.75 Å². The van der Waals surface area contributed by atoms with E-state index in [4.69, 9.17) is 10.5 Å². The highest BCUT2D eigenvalue weighted by Gasteiger charge is 2.05. The Labute approximate surface area is 125 Å². The Morgan fingerprint density at radius 3 is 2.50 bits per heavy atom. The van der Waals surface area contributed by atoms with Gasteiger partial charge < -0.3 is 10.5 Å². The molecule has 20 heavy (non-hydrogen) atoms. The number of nitrogens with two attached hydrogens (primary N) is 1. The van der Waals surface area contributed by atoms with Crippen molar-refractivity contribution < 1.29 is 4.74 Å². The molecule has 2 N–H and O–H groups in total. The molecule has 0 bridgehead atoms. The van der Waals surface area contributed by atoms with E-state index >= 15 is 0 Å². The lowest BCUT2D eigenvalue weighted by Gasteiger charge is -2.12. The fraction of sp³-hybridized carbons (Fsp3) is 0.294. The lowest BCUT2D eigenvalue weighted by atomic mass is 10.1. The van der Waals surface area contributed by atoms with Gasteiger partial charge in [-0.1, -0.05) is 36.4 Å². The summed E-state index contributed by atoms with van der Waals surface area (Å²) < 4.78 is 5.88. The third-order valence-electron chi connectivity index (χ3n) is 2.87. The van der Waals surface area contributed by atoms with Gasteiger partial charge in [-0.2, -0.15) is 0 Å². The Balaban J connectivity index is 1.82. The summed E-state index contributed by atoms with van der Waals surface area (Å²) in [6, 6.07) is 18.7. The molecule has 2 nitrogen and oxygen atoms in total. The predicted molar refractivity (Wildman–Crippen MR) is 86.5 cm³/mol. The van der Waals surface area contributed by atoms with Gasteiger partial charge in [0.25, 0.3) is 0 Å². The van der Waals surface area contributed by atoms with Crippen LogP contribution >= 0.6 is 11.8 Å². The number of para-hydroxylation sites is 1. The van der Waals surface area contributed by atoms with Crippen molar-refractivity contribution in [1.82, 2.24) is 0 Å². The second-order valence-electron chi connectivity index (χ2n) is 4.80. The van der Waals surface area contributed by atoms with E-state index in [-0.39, 0.29) is 6.04 Å². The first-order valence-corrected chi connectivity index (χ1v) is 7.88. The van der Waals surface area contributed by atoms with Gasteiger partial charge >= 0.3 is 0 Å². The lowest BCUT2D eigenvalue weighted by Crippen LogP contribution is -2.18. The smallest absolute Gasteiger partial charge is 0.122 e. The van der Waals surface area contributed by atoms with Gasteiger partial charge in [0.1, 0.15) is 5.75 Å². The van der Waals surface area contributed by atoms with Crippen molar-refractivity contribution in [2.24, 2.45) is 5.73 Å². The summed E-state index contributed by atoms with van der Waals surface area (Å²) in [6.07, 6.45) is 0.849. The predicted octanol–water partition coefficient (Wildman–Crippen LogP) is 3.75. The van der Waals surface area contributed by atoms with E-state index in [1.54, 1.807) is 0 Å². The van der Waals surface area contributed by atoms with Gasteiger partial charge in [0, 0.05) is 16.7 Å².